The van der Waals surface area contributed by atoms with Crippen molar-refractivity contribution in [3.05, 3.63) is 24.3 Å². The van der Waals surface area contributed by atoms with E-state index in [1.54, 1.807) is 18.9 Å². The molecule has 22 heavy (non-hydrogen) atoms. The zero-order valence-corrected chi connectivity index (χ0v) is 14.0. The van der Waals surface area contributed by atoms with Crippen molar-refractivity contribution >= 4 is 23.6 Å². The average molecular weight is 325 g/mol. The molecule has 6 heteroatoms. The van der Waals surface area contributed by atoms with E-state index >= 15 is 0 Å². The van der Waals surface area contributed by atoms with Crippen LogP contribution in [0, 0.1) is 5.92 Å². The van der Waals surface area contributed by atoms with Crippen molar-refractivity contribution in [2.24, 2.45) is 5.92 Å². The summed E-state index contributed by atoms with van der Waals surface area (Å²) in [5.74, 6) is 0.403. The van der Waals surface area contributed by atoms with Crippen LogP contribution < -0.4 is 10.1 Å². The Morgan fingerprint density at radius 1 is 1.27 bits per heavy atom. The number of thioether (sulfide) groups is 1. The van der Waals surface area contributed by atoms with Gasteiger partial charge in [0.2, 0.25) is 5.91 Å². The molecule has 0 saturated carbocycles. The lowest BCUT2D eigenvalue weighted by molar-refractivity contribution is -0.142. The third kappa shape index (κ3) is 6.85. The van der Waals surface area contributed by atoms with Crippen molar-refractivity contribution in [1.82, 2.24) is 5.32 Å². The number of carboxylic acid groups (broad SMARTS) is 1. The second-order valence-corrected chi connectivity index (χ2v) is 6.53. The minimum absolute atomic E-state index is 0.218. The number of aliphatic carboxylic acids is 1. The van der Waals surface area contributed by atoms with Crippen LogP contribution in [0.3, 0.4) is 0 Å². The Hall–Kier alpha value is -1.69. The van der Waals surface area contributed by atoms with E-state index in [0.717, 1.165) is 10.6 Å². The molecule has 2 N–H and O–H groups in total. The van der Waals surface area contributed by atoms with E-state index in [1.165, 1.54) is 0 Å². The van der Waals surface area contributed by atoms with Crippen LogP contribution in [-0.2, 0) is 9.59 Å². The van der Waals surface area contributed by atoms with Crippen LogP contribution in [0.25, 0.3) is 0 Å². The summed E-state index contributed by atoms with van der Waals surface area (Å²) >= 11 is 1.55. The Morgan fingerprint density at radius 2 is 1.91 bits per heavy atom. The van der Waals surface area contributed by atoms with Crippen LogP contribution in [0.2, 0.25) is 0 Å². The largest absolute Gasteiger partial charge is 0.497 e. The molecule has 0 radical (unpaired) electrons. The number of nitrogens with one attached hydrogen (secondary N) is 1. The number of carboxylic acids is 1. The Morgan fingerprint density at radius 3 is 2.41 bits per heavy atom. The van der Waals surface area contributed by atoms with Crippen LogP contribution in [0.5, 0.6) is 5.75 Å². The van der Waals surface area contributed by atoms with Crippen molar-refractivity contribution in [1.29, 1.82) is 0 Å². The summed E-state index contributed by atoms with van der Waals surface area (Å²) < 4.78 is 5.08. The molecule has 0 unspecified atom stereocenters. The van der Waals surface area contributed by atoms with E-state index < -0.39 is 12.0 Å². The first-order chi connectivity index (χ1) is 10.4. The molecule has 1 rings (SSSR count). The van der Waals surface area contributed by atoms with E-state index in [0.29, 0.717) is 18.6 Å². The third-order valence-corrected chi connectivity index (χ3v) is 4.01. The quantitative estimate of drug-likeness (QED) is 0.683. The van der Waals surface area contributed by atoms with E-state index in [-0.39, 0.29) is 11.8 Å². The van der Waals surface area contributed by atoms with Gasteiger partial charge in [0.05, 0.1) is 7.11 Å². The fraction of sp³-hybridized carbons (Fsp3) is 0.500. The Labute approximate surface area is 135 Å². The molecule has 5 nitrogen and oxygen atoms in total. The van der Waals surface area contributed by atoms with Gasteiger partial charge in [0, 0.05) is 17.1 Å². The van der Waals surface area contributed by atoms with Crippen molar-refractivity contribution in [3.63, 3.8) is 0 Å². The third-order valence-electron chi connectivity index (χ3n) is 3.00. The van der Waals surface area contributed by atoms with Gasteiger partial charge in [0.1, 0.15) is 11.8 Å². The van der Waals surface area contributed by atoms with Crippen molar-refractivity contribution in [2.75, 3.05) is 12.9 Å². The van der Waals surface area contributed by atoms with E-state index in [9.17, 15) is 9.59 Å². The van der Waals surface area contributed by atoms with Gasteiger partial charge < -0.3 is 15.2 Å². The van der Waals surface area contributed by atoms with Crippen molar-refractivity contribution < 1.29 is 19.4 Å². The summed E-state index contributed by atoms with van der Waals surface area (Å²) in [6, 6.07) is 6.79. The predicted molar refractivity (Wildman–Crippen MR) is 87.4 cm³/mol. The van der Waals surface area contributed by atoms with Gasteiger partial charge in [-0.2, -0.15) is 0 Å². The average Bonchev–Trinajstić information content (AvgIpc) is 2.46. The van der Waals surface area contributed by atoms with Gasteiger partial charge in [-0.25, -0.2) is 4.79 Å². The lowest BCUT2D eigenvalue weighted by Gasteiger charge is -2.16. The highest BCUT2D eigenvalue weighted by atomic mass is 32.2. The van der Waals surface area contributed by atoms with Gasteiger partial charge >= 0.3 is 5.97 Å². The van der Waals surface area contributed by atoms with Gasteiger partial charge in [0.15, 0.2) is 0 Å². The first-order valence-corrected chi connectivity index (χ1v) is 8.20. The standard InChI is InChI=1S/C16H23NO4S/c1-11(2)10-14(16(19)20)17-15(18)8-9-22-13-6-4-12(21-3)5-7-13/h4-7,11,14H,8-10H2,1-3H3,(H,17,18)(H,19,20)/t14-/m0/s1. The second kappa shape index (κ2) is 9.35. The molecule has 0 aliphatic heterocycles. The minimum Gasteiger partial charge on any atom is -0.497 e. The molecule has 0 heterocycles. The smallest absolute Gasteiger partial charge is 0.326 e. The highest BCUT2D eigenvalue weighted by Crippen LogP contribution is 2.21. The molecule has 0 saturated heterocycles. The predicted octanol–water partition coefficient (Wildman–Crippen LogP) is 2.79. The summed E-state index contributed by atoms with van der Waals surface area (Å²) in [6.07, 6.45) is 0.727. The van der Waals surface area contributed by atoms with Gasteiger partial charge in [0.25, 0.3) is 0 Å². The Kier molecular flexibility index (Phi) is 7.80. The number of benzene rings is 1. The molecule has 0 spiro atoms. The van der Waals surface area contributed by atoms with E-state index in [1.807, 2.05) is 38.1 Å². The van der Waals surface area contributed by atoms with Crippen LogP contribution >= 0.6 is 11.8 Å². The zero-order valence-electron chi connectivity index (χ0n) is 13.2. The lowest BCUT2D eigenvalue weighted by Crippen LogP contribution is -2.41. The normalized spacial score (nSPS) is 12.0. The highest BCUT2D eigenvalue weighted by Gasteiger charge is 2.20. The molecular formula is C16H23NO4S. The molecule has 122 valence electrons. The summed E-state index contributed by atoms with van der Waals surface area (Å²) in [5.41, 5.74) is 0. The van der Waals surface area contributed by atoms with Gasteiger partial charge in [-0.3, -0.25) is 4.79 Å². The summed E-state index contributed by atoms with van der Waals surface area (Å²) in [4.78, 5) is 24.0. The number of ether oxygens (including phenoxy) is 1. The van der Waals surface area contributed by atoms with E-state index in [4.69, 9.17) is 9.84 Å². The van der Waals surface area contributed by atoms with Crippen LogP contribution in [0.4, 0.5) is 0 Å². The maximum Gasteiger partial charge on any atom is 0.326 e. The first kappa shape index (κ1) is 18.4. The second-order valence-electron chi connectivity index (χ2n) is 5.36. The number of rotatable bonds is 9. The lowest BCUT2D eigenvalue weighted by atomic mass is 10.0. The highest BCUT2D eigenvalue weighted by molar-refractivity contribution is 7.99. The molecule has 1 atom stereocenters. The van der Waals surface area contributed by atoms with Crippen LogP contribution in [0.15, 0.2) is 29.2 Å². The molecule has 1 aromatic rings. The monoisotopic (exact) mass is 325 g/mol. The number of amides is 1. The fourth-order valence-corrected chi connectivity index (χ4v) is 2.74. The zero-order chi connectivity index (χ0) is 16.5. The molecular weight excluding hydrogens is 302 g/mol. The van der Waals surface area contributed by atoms with Gasteiger partial charge in [-0.1, -0.05) is 13.8 Å². The van der Waals surface area contributed by atoms with Crippen molar-refractivity contribution in [3.8, 4) is 5.75 Å². The number of hydrogen-bond donors (Lipinski definition) is 2. The van der Waals surface area contributed by atoms with Crippen LogP contribution in [-0.4, -0.2) is 35.9 Å². The topological polar surface area (TPSA) is 75.6 Å². The first-order valence-electron chi connectivity index (χ1n) is 7.21. The fourth-order valence-electron chi connectivity index (χ4n) is 1.89. The maximum absolute atomic E-state index is 11.8. The SMILES string of the molecule is COc1ccc(SCCC(=O)N[C@@H](CC(C)C)C(=O)O)cc1. The minimum atomic E-state index is -0.982. The number of carbonyl (C=O) groups excluding carboxylic acids is 1. The molecule has 0 aromatic heterocycles. The molecule has 0 fully saturated rings. The molecule has 1 amide bonds. The number of hydrogen-bond acceptors (Lipinski definition) is 4. The molecule has 0 aliphatic rings. The molecule has 1 aromatic carbocycles. The van der Waals surface area contributed by atoms with Crippen LogP contribution in [0.1, 0.15) is 26.7 Å². The summed E-state index contributed by atoms with van der Waals surface area (Å²) in [5, 5.41) is 11.7. The van der Waals surface area contributed by atoms with Gasteiger partial charge in [-0.05, 0) is 36.6 Å². The van der Waals surface area contributed by atoms with E-state index in [2.05, 4.69) is 5.32 Å². The van der Waals surface area contributed by atoms with Crippen molar-refractivity contribution in [2.45, 2.75) is 37.6 Å². The maximum atomic E-state index is 11.8. The number of carbonyl (C=O) groups is 2. The summed E-state index contributed by atoms with van der Waals surface area (Å²) in [7, 11) is 1.61. The molecule has 0 bridgehead atoms. The van der Waals surface area contributed by atoms with Gasteiger partial charge in [-0.15, -0.1) is 11.8 Å². The Bertz CT molecular complexity index is 487. The number of methoxy groups -OCH3 is 1. The molecule has 0 aliphatic carbocycles. The Balaban J connectivity index is 2.36. The summed E-state index contributed by atoms with van der Waals surface area (Å²) in [6.45, 7) is 3.86.